The highest BCUT2D eigenvalue weighted by molar-refractivity contribution is 5.90. The van der Waals surface area contributed by atoms with Gasteiger partial charge in [0.15, 0.2) is 0 Å². The quantitative estimate of drug-likeness (QED) is 0.816. The number of amides is 1. The van der Waals surface area contributed by atoms with Crippen molar-refractivity contribution in [1.29, 1.82) is 0 Å². The first kappa shape index (κ1) is 14.8. The topological polar surface area (TPSA) is 90.0 Å². The first-order chi connectivity index (χ1) is 10.0. The van der Waals surface area contributed by atoms with Crippen molar-refractivity contribution in [2.24, 2.45) is 0 Å². The van der Waals surface area contributed by atoms with Crippen molar-refractivity contribution in [3.05, 3.63) is 52.4 Å². The summed E-state index contributed by atoms with van der Waals surface area (Å²) in [6.07, 6.45) is 2.51. The molecule has 0 fully saturated rings. The number of nitrogens with zero attached hydrogens (tertiary/aromatic N) is 2. The Morgan fingerprint density at radius 1 is 1.33 bits per heavy atom. The Morgan fingerprint density at radius 3 is 2.71 bits per heavy atom. The number of aromatic nitrogens is 2. The number of carbonyl (C=O) groups is 1. The number of hydrogen-bond acceptors (Lipinski definition) is 4. The van der Waals surface area contributed by atoms with Gasteiger partial charge >= 0.3 is 0 Å². The maximum absolute atomic E-state index is 11.8. The van der Waals surface area contributed by atoms with Crippen LogP contribution in [0.4, 0.5) is 11.4 Å². The molecule has 110 valence electrons. The Kier molecular flexibility index (Phi) is 4.71. The SMILES string of the molecule is Cc1cnn(CCCC(=O)Nc2ccc(N)cc2)c(=O)c1. The summed E-state index contributed by atoms with van der Waals surface area (Å²) in [5.41, 5.74) is 7.62. The normalized spacial score (nSPS) is 10.3. The fraction of sp³-hybridized carbons (Fsp3) is 0.267. The summed E-state index contributed by atoms with van der Waals surface area (Å²) in [7, 11) is 0. The number of nitrogen functional groups attached to an aromatic ring is 1. The predicted octanol–water partition coefficient (Wildman–Crippen LogP) is 1.55. The van der Waals surface area contributed by atoms with Gasteiger partial charge in [0.2, 0.25) is 5.91 Å². The molecule has 0 radical (unpaired) electrons. The van der Waals surface area contributed by atoms with Gasteiger partial charge in [0.1, 0.15) is 0 Å². The van der Waals surface area contributed by atoms with E-state index < -0.39 is 0 Å². The summed E-state index contributed by atoms with van der Waals surface area (Å²) in [4.78, 5) is 23.4. The van der Waals surface area contributed by atoms with Crippen LogP contribution in [0.3, 0.4) is 0 Å². The highest BCUT2D eigenvalue weighted by Gasteiger charge is 2.04. The third kappa shape index (κ3) is 4.45. The van der Waals surface area contributed by atoms with Crippen LogP contribution in [-0.2, 0) is 11.3 Å². The van der Waals surface area contributed by atoms with E-state index >= 15 is 0 Å². The second-order valence-electron chi connectivity index (χ2n) is 4.87. The van der Waals surface area contributed by atoms with Crippen molar-refractivity contribution < 1.29 is 4.79 Å². The molecule has 1 aromatic carbocycles. The molecule has 0 unspecified atom stereocenters. The van der Waals surface area contributed by atoms with Crippen LogP contribution in [0.2, 0.25) is 0 Å². The van der Waals surface area contributed by atoms with E-state index in [-0.39, 0.29) is 11.5 Å². The second kappa shape index (κ2) is 6.69. The minimum Gasteiger partial charge on any atom is -0.399 e. The Morgan fingerprint density at radius 2 is 2.05 bits per heavy atom. The molecule has 6 nitrogen and oxygen atoms in total. The Hall–Kier alpha value is -2.63. The first-order valence-electron chi connectivity index (χ1n) is 6.74. The summed E-state index contributed by atoms with van der Waals surface area (Å²) in [5.74, 6) is -0.0973. The van der Waals surface area contributed by atoms with Gasteiger partial charge in [-0.1, -0.05) is 0 Å². The van der Waals surface area contributed by atoms with Gasteiger partial charge in [0, 0.05) is 30.4 Å². The maximum atomic E-state index is 11.8. The molecular weight excluding hydrogens is 268 g/mol. The molecule has 1 heterocycles. The molecule has 0 aliphatic heterocycles. The average molecular weight is 286 g/mol. The molecule has 0 saturated heterocycles. The molecule has 1 amide bonds. The second-order valence-corrected chi connectivity index (χ2v) is 4.87. The van der Waals surface area contributed by atoms with Crippen LogP contribution in [-0.4, -0.2) is 15.7 Å². The lowest BCUT2D eigenvalue weighted by atomic mass is 10.2. The third-order valence-corrected chi connectivity index (χ3v) is 2.97. The Balaban J connectivity index is 1.81. The van der Waals surface area contributed by atoms with Crippen molar-refractivity contribution in [3.63, 3.8) is 0 Å². The third-order valence-electron chi connectivity index (χ3n) is 2.97. The minimum atomic E-state index is -0.144. The summed E-state index contributed by atoms with van der Waals surface area (Å²) in [6, 6.07) is 8.48. The molecule has 3 N–H and O–H groups in total. The van der Waals surface area contributed by atoms with Crippen molar-refractivity contribution in [1.82, 2.24) is 9.78 Å². The summed E-state index contributed by atoms with van der Waals surface area (Å²) in [6.45, 7) is 2.24. The van der Waals surface area contributed by atoms with Gasteiger partial charge in [-0.2, -0.15) is 5.10 Å². The van der Waals surface area contributed by atoms with Gasteiger partial charge in [-0.25, -0.2) is 4.68 Å². The fourth-order valence-electron chi connectivity index (χ4n) is 1.87. The highest BCUT2D eigenvalue weighted by atomic mass is 16.1. The number of nitrogens with two attached hydrogens (primary N) is 1. The van der Waals surface area contributed by atoms with E-state index in [4.69, 9.17) is 5.73 Å². The molecule has 6 heteroatoms. The minimum absolute atomic E-state index is 0.0973. The molecule has 21 heavy (non-hydrogen) atoms. The number of anilines is 2. The zero-order valence-corrected chi connectivity index (χ0v) is 11.9. The van der Waals surface area contributed by atoms with Gasteiger partial charge in [-0.05, 0) is 43.2 Å². The smallest absolute Gasteiger partial charge is 0.266 e. The lowest BCUT2D eigenvalue weighted by Gasteiger charge is -2.06. The summed E-state index contributed by atoms with van der Waals surface area (Å²) < 4.78 is 1.36. The van der Waals surface area contributed by atoms with Gasteiger partial charge in [0.05, 0.1) is 6.20 Å². The van der Waals surface area contributed by atoms with E-state index in [9.17, 15) is 9.59 Å². The van der Waals surface area contributed by atoms with Gasteiger partial charge in [-0.3, -0.25) is 9.59 Å². The molecule has 0 spiro atoms. The van der Waals surface area contributed by atoms with Crippen LogP contribution < -0.4 is 16.6 Å². The molecule has 2 rings (SSSR count). The largest absolute Gasteiger partial charge is 0.399 e. The van der Waals surface area contributed by atoms with Gasteiger partial charge in [0.25, 0.3) is 5.56 Å². The Bertz CT molecular complexity index is 677. The number of carbonyl (C=O) groups excluding carboxylic acids is 1. The molecule has 0 bridgehead atoms. The van der Waals surface area contributed by atoms with Crippen molar-refractivity contribution >= 4 is 17.3 Å². The monoisotopic (exact) mass is 286 g/mol. The van der Waals surface area contributed by atoms with E-state index in [1.807, 2.05) is 6.92 Å². The van der Waals surface area contributed by atoms with E-state index in [0.717, 1.165) is 5.56 Å². The van der Waals surface area contributed by atoms with E-state index in [1.165, 1.54) is 10.7 Å². The molecular formula is C15H18N4O2. The highest BCUT2D eigenvalue weighted by Crippen LogP contribution is 2.11. The van der Waals surface area contributed by atoms with E-state index in [1.54, 1.807) is 30.5 Å². The van der Waals surface area contributed by atoms with E-state index in [0.29, 0.717) is 30.8 Å². The first-order valence-corrected chi connectivity index (χ1v) is 6.74. The van der Waals surface area contributed by atoms with Crippen LogP contribution in [0, 0.1) is 6.92 Å². The zero-order valence-electron chi connectivity index (χ0n) is 11.9. The standard InChI is InChI=1S/C15H18N4O2/c1-11-9-15(21)19(17-10-11)8-2-3-14(20)18-13-6-4-12(16)5-7-13/h4-7,9-10H,2-3,8,16H2,1H3,(H,18,20). The van der Waals surface area contributed by atoms with Gasteiger partial charge in [-0.15, -0.1) is 0 Å². The van der Waals surface area contributed by atoms with Crippen LogP contribution in [0.15, 0.2) is 41.3 Å². The average Bonchev–Trinajstić information content (AvgIpc) is 2.44. The lowest BCUT2D eigenvalue weighted by molar-refractivity contribution is -0.116. The predicted molar refractivity (Wildman–Crippen MR) is 82.0 cm³/mol. The van der Waals surface area contributed by atoms with Crippen LogP contribution in [0.25, 0.3) is 0 Å². The van der Waals surface area contributed by atoms with Crippen molar-refractivity contribution in [2.75, 3.05) is 11.1 Å². The van der Waals surface area contributed by atoms with E-state index in [2.05, 4.69) is 10.4 Å². The Labute approximate surface area is 122 Å². The van der Waals surface area contributed by atoms with Crippen LogP contribution in [0.1, 0.15) is 18.4 Å². The molecule has 2 aromatic rings. The molecule has 0 aliphatic carbocycles. The zero-order chi connectivity index (χ0) is 15.2. The molecule has 0 atom stereocenters. The number of nitrogens with one attached hydrogen (secondary N) is 1. The number of hydrogen-bond donors (Lipinski definition) is 2. The fourth-order valence-corrected chi connectivity index (χ4v) is 1.87. The summed E-state index contributed by atoms with van der Waals surface area (Å²) >= 11 is 0. The van der Waals surface area contributed by atoms with Crippen LogP contribution in [0.5, 0.6) is 0 Å². The molecule has 0 saturated carbocycles. The van der Waals surface area contributed by atoms with Gasteiger partial charge < -0.3 is 11.1 Å². The number of rotatable bonds is 5. The number of benzene rings is 1. The van der Waals surface area contributed by atoms with Crippen molar-refractivity contribution in [3.8, 4) is 0 Å². The maximum Gasteiger partial charge on any atom is 0.266 e. The summed E-state index contributed by atoms with van der Waals surface area (Å²) in [5, 5.41) is 6.80. The number of aryl methyl sites for hydroxylation is 2. The molecule has 0 aliphatic rings. The van der Waals surface area contributed by atoms with Crippen LogP contribution >= 0.6 is 0 Å². The van der Waals surface area contributed by atoms with Crippen molar-refractivity contribution in [2.45, 2.75) is 26.3 Å². The lowest BCUT2D eigenvalue weighted by Crippen LogP contribution is -2.23. The molecule has 1 aromatic heterocycles.